The Morgan fingerprint density at radius 1 is 1.00 bits per heavy atom. The normalized spacial score (nSPS) is 13.2. The van der Waals surface area contributed by atoms with Crippen molar-refractivity contribution in [1.29, 1.82) is 0 Å². The Bertz CT molecular complexity index is 1100. The number of benzene rings is 2. The van der Waals surface area contributed by atoms with Gasteiger partial charge in [0.25, 0.3) is 5.56 Å². The highest BCUT2D eigenvalue weighted by Gasteiger charge is 2.29. The van der Waals surface area contributed by atoms with E-state index < -0.39 is 0 Å². The number of fused-ring (bicyclic) bond motifs is 1. The minimum Gasteiger partial charge on any atom is -0.326 e. The maximum absolute atomic E-state index is 12.2. The van der Waals surface area contributed by atoms with E-state index in [4.69, 9.17) is 0 Å². The van der Waals surface area contributed by atoms with E-state index in [1.165, 1.54) is 0 Å². The van der Waals surface area contributed by atoms with Gasteiger partial charge >= 0.3 is 0 Å². The molecule has 0 spiro atoms. The molecule has 3 aromatic rings. The number of para-hydroxylation sites is 1. The van der Waals surface area contributed by atoms with Crippen molar-refractivity contribution in [3.63, 3.8) is 0 Å². The zero-order chi connectivity index (χ0) is 20.2. The van der Waals surface area contributed by atoms with Crippen LogP contribution in [0.25, 0.3) is 10.9 Å². The van der Waals surface area contributed by atoms with Crippen molar-refractivity contribution in [1.82, 2.24) is 9.97 Å². The molecule has 2 amide bonds. The zero-order valence-corrected chi connectivity index (χ0v) is 15.9. The summed E-state index contributed by atoms with van der Waals surface area (Å²) in [7, 11) is 0. The summed E-state index contributed by atoms with van der Waals surface area (Å²) >= 11 is 0. The highest BCUT2D eigenvalue weighted by molar-refractivity contribution is 5.95. The van der Waals surface area contributed by atoms with E-state index in [-0.39, 0.29) is 23.3 Å². The molecule has 29 heavy (non-hydrogen) atoms. The molecule has 4 rings (SSSR count). The van der Waals surface area contributed by atoms with Crippen molar-refractivity contribution in [2.45, 2.75) is 32.1 Å². The van der Waals surface area contributed by atoms with Crippen molar-refractivity contribution >= 4 is 34.1 Å². The minimum absolute atomic E-state index is 0.0575. The molecule has 0 bridgehead atoms. The third kappa shape index (κ3) is 4.87. The first-order valence-electron chi connectivity index (χ1n) is 9.77. The number of H-pyrrole nitrogens is 1. The topological polar surface area (TPSA) is 104 Å². The molecule has 1 aromatic heterocycles. The Morgan fingerprint density at radius 3 is 2.41 bits per heavy atom. The summed E-state index contributed by atoms with van der Waals surface area (Å²) in [5.41, 5.74) is 1.90. The first kappa shape index (κ1) is 18.9. The lowest BCUT2D eigenvalue weighted by molar-refractivity contribution is -0.117. The molecule has 1 aliphatic carbocycles. The van der Waals surface area contributed by atoms with Gasteiger partial charge in [-0.05, 0) is 55.7 Å². The quantitative estimate of drug-likeness (QED) is 0.576. The van der Waals surface area contributed by atoms with E-state index in [2.05, 4.69) is 20.6 Å². The Labute approximate surface area is 167 Å². The van der Waals surface area contributed by atoms with Crippen LogP contribution in [-0.4, -0.2) is 21.8 Å². The molecule has 7 heteroatoms. The summed E-state index contributed by atoms with van der Waals surface area (Å²) < 4.78 is 0. The van der Waals surface area contributed by atoms with Crippen molar-refractivity contribution in [2.24, 2.45) is 5.92 Å². The lowest BCUT2D eigenvalue weighted by Gasteiger charge is -2.08. The second kappa shape index (κ2) is 8.26. The van der Waals surface area contributed by atoms with Crippen LogP contribution in [0.2, 0.25) is 0 Å². The molecule has 2 aromatic carbocycles. The van der Waals surface area contributed by atoms with Crippen LogP contribution in [0, 0.1) is 5.92 Å². The van der Waals surface area contributed by atoms with Gasteiger partial charge < -0.3 is 15.6 Å². The fourth-order valence-electron chi connectivity index (χ4n) is 3.12. The van der Waals surface area contributed by atoms with Gasteiger partial charge in [0.2, 0.25) is 11.8 Å². The van der Waals surface area contributed by atoms with Crippen LogP contribution in [0.3, 0.4) is 0 Å². The van der Waals surface area contributed by atoms with E-state index in [0.717, 1.165) is 18.5 Å². The van der Waals surface area contributed by atoms with E-state index >= 15 is 0 Å². The molecule has 1 aliphatic rings. The van der Waals surface area contributed by atoms with Crippen LogP contribution in [-0.2, 0) is 16.0 Å². The fourth-order valence-corrected chi connectivity index (χ4v) is 3.12. The Kier molecular flexibility index (Phi) is 5.37. The van der Waals surface area contributed by atoms with Crippen LogP contribution < -0.4 is 16.2 Å². The predicted octanol–water partition coefficient (Wildman–Crippen LogP) is 3.23. The Balaban J connectivity index is 1.26. The second-order valence-corrected chi connectivity index (χ2v) is 7.27. The summed E-state index contributed by atoms with van der Waals surface area (Å²) in [6.45, 7) is 0. The Hall–Kier alpha value is -3.48. The largest absolute Gasteiger partial charge is 0.326 e. The predicted molar refractivity (Wildman–Crippen MR) is 112 cm³/mol. The second-order valence-electron chi connectivity index (χ2n) is 7.27. The number of anilines is 2. The lowest BCUT2D eigenvalue weighted by atomic mass is 10.2. The van der Waals surface area contributed by atoms with Gasteiger partial charge in [0.15, 0.2) is 0 Å². The van der Waals surface area contributed by atoms with Gasteiger partial charge in [0.05, 0.1) is 10.9 Å². The SMILES string of the molecule is O=C(CCCc1nc2ccccc2c(=O)[nH]1)Nc1ccc(NC(=O)C2CC2)cc1. The van der Waals surface area contributed by atoms with Crippen LogP contribution in [0.5, 0.6) is 0 Å². The first-order chi connectivity index (χ1) is 14.1. The molecule has 1 saturated carbocycles. The maximum atomic E-state index is 12.2. The van der Waals surface area contributed by atoms with Crippen LogP contribution >= 0.6 is 0 Å². The van der Waals surface area contributed by atoms with Gasteiger partial charge in [-0.3, -0.25) is 14.4 Å². The number of nitrogens with zero attached hydrogens (tertiary/aromatic N) is 1. The summed E-state index contributed by atoms with van der Waals surface area (Å²) in [5, 5.41) is 6.27. The number of hydrogen-bond donors (Lipinski definition) is 3. The number of carbonyl (C=O) groups excluding carboxylic acids is 2. The van der Waals surface area contributed by atoms with Gasteiger partial charge in [-0.2, -0.15) is 0 Å². The molecule has 1 heterocycles. The molecule has 0 unspecified atom stereocenters. The van der Waals surface area contributed by atoms with Gasteiger partial charge in [0.1, 0.15) is 5.82 Å². The van der Waals surface area contributed by atoms with Crippen LogP contribution in [0.15, 0.2) is 53.3 Å². The van der Waals surface area contributed by atoms with Crippen molar-refractivity contribution < 1.29 is 9.59 Å². The zero-order valence-electron chi connectivity index (χ0n) is 15.9. The Morgan fingerprint density at radius 2 is 1.69 bits per heavy atom. The number of carbonyl (C=O) groups is 2. The highest BCUT2D eigenvalue weighted by Crippen LogP contribution is 2.30. The standard InChI is InChI=1S/C22H22N4O3/c27-20(23-15-10-12-16(13-11-15)24-21(28)14-8-9-14)7-3-6-19-25-18-5-2-1-4-17(18)22(29)26-19/h1-2,4-5,10-14H,3,6-9H2,(H,23,27)(H,24,28)(H,25,26,29). The minimum atomic E-state index is -0.163. The van der Waals surface area contributed by atoms with E-state index in [0.29, 0.717) is 41.7 Å². The average molecular weight is 390 g/mol. The van der Waals surface area contributed by atoms with Crippen LogP contribution in [0.1, 0.15) is 31.5 Å². The molecular formula is C22H22N4O3. The average Bonchev–Trinajstić information content (AvgIpc) is 3.55. The number of nitrogens with one attached hydrogen (secondary N) is 3. The van der Waals surface area contributed by atoms with Gasteiger partial charge in [-0.1, -0.05) is 12.1 Å². The molecule has 0 saturated heterocycles. The van der Waals surface area contributed by atoms with Gasteiger partial charge in [-0.25, -0.2) is 4.98 Å². The van der Waals surface area contributed by atoms with E-state index in [1.807, 2.05) is 6.07 Å². The number of aromatic nitrogens is 2. The third-order valence-electron chi connectivity index (χ3n) is 4.86. The summed E-state index contributed by atoms with van der Waals surface area (Å²) in [6, 6.07) is 14.3. The maximum Gasteiger partial charge on any atom is 0.258 e. The summed E-state index contributed by atoms with van der Waals surface area (Å²) in [5.74, 6) is 0.684. The number of aromatic amines is 1. The van der Waals surface area contributed by atoms with Crippen molar-refractivity contribution in [2.75, 3.05) is 10.6 Å². The molecule has 0 radical (unpaired) electrons. The fraction of sp³-hybridized carbons (Fsp3) is 0.273. The van der Waals surface area contributed by atoms with Crippen LogP contribution in [0.4, 0.5) is 11.4 Å². The monoisotopic (exact) mass is 390 g/mol. The molecule has 148 valence electrons. The third-order valence-corrected chi connectivity index (χ3v) is 4.86. The van der Waals surface area contributed by atoms with Gasteiger partial charge in [0, 0.05) is 30.1 Å². The highest BCUT2D eigenvalue weighted by atomic mass is 16.2. The van der Waals surface area contributed by atoms with Crippen molar-refractivity contribution in [3.05, 3.63) is 64.7 Å². The van der Waals surface area contributed by atoms with E-state index in [9.17, 15) is 14.4 Å². The molecule has 0 aliphatic heterocycles. The number of rotatable bonds is 7. The number of hydrogen-bond acceptors (Lipinski definition) is 4. The summed E-state index contributed by atoms with van der Waals surface area (Å²) in [6.07, 6.45) is 3.32. The summed E-state index contributed by atoms with van der Waals surface area (Å²) in [4.78, 5) is 43.2. The molecule has 0 atom stereocenters. The van der Waals surface area contributed by atoms with Gasteiger partial charge in [-0.15, -0.1) is 0 Å². The molecule has 3 N–H and O–H groups in total. The smallest absolute Gasteiger partial charge is 0.258 e. The molecule has 1 fully saturated rings. The molecule has 7 nitrogen and oxygen atoms in total. The number of aryl methyl sites for hydroxylation is 1. The van der Waals surface area contributed by atoms with E-state index in [1.54, 1.807) is 42.5 Å². The number of amides is 2. The lowest BCUT2D eigenvalue weighted by Crippen LogP contribution is -2.15. The first-order valence-corrected chi connectivity index (χ1v) is 9.77. The molecular weight excluding hydrogens is 368 g/mol. The van der Waals surface area contributed by atoms with Crippen molar-refractivity contribution in [3.8, 4) is 0 Å².